The predicted octanol–water partition coefficient (Wildman–Crippen LogP) is 3.18. The zero-order chi connectivity index (χ0) is 27.2. The van der Waals surface area contributed by atoms with Gasteiger partial charge in [-0.25, -0.2) is 17.4 Å². The van der Waals surface area contributed by atoms with Crippen LogP contribution in [0.5, 0.6) is 0 Å². The normalized spacial score (nSPS) is 24.7. The van der Waals surface area contributed by atoms with Crippen LogP contribution in [0.15, 0.2) is 47.6 Å². The first-order valence-corrected chi connectivity index (χ1v) is 15.5. The van der Waals surface area contributed by atoms with E-state index >= 15 is 0 Å². The minimum Gasteiger partial charge on any atom is -0.335 e. The van der Waals surface area contributed by atoms with E-state index in [1.54, 1.807) is 46.5 Å². The summed E-state index contributed by atoms with van der Waals surface area (Å²) in [5.41, 5.74) is 0.809. The van der Waals surface area contributed by atoms with Gasteiger partial charge in [0.1, 0.15) is 18.2 Å². The molecule has 3 heterocycles. The Kier molecular flexibility index (Phi) is 7.96. The van der Waals surface area contributed by atoms with Crippen molar-refractivity contribution in [3.63, 3.8) is 0 Å². The van der Waals surface area contributed by atoms with Gasteiger partial charge in [0.05, 0.1) is 16.8 Å². The van der Waals surface area contributed by atoms with Crippen molar-refractivity contribution in [3.05, 3.63) is 58.3 Å². The van der Waals surface area contributed by atoms with Crippen LogP contribution in [-0.4, -0.2) is 82.0 Å². The number of nitrogens with one attached hydrogen (secondary N) is 1. The van der Waals surface area contributed by atoms with E-state index in [1.165, 1.54) is 11.9 Å². The SMILES string of the molecule is CC(C)N1CC2N(Sc3ccc(Cl)cc3Cl)CC(NS(=O)(=O)C3CC3)C(=O)N2C(Cc2cccnc2)C1=O. The topological polar surface area (TPSA) is 103 Å². The van der Waals surface area contributed by atoms with E-state index in [0.29, 0.717) is 27.8 Å². The highest BCUT2D eigenvalue weighted by atomic mass is 35.5. The largest absolute Gasteiger partial charge is 0.335 e. The molecule has 204 valence electrons. The Hall–Kier alpha value is -1.89. The monoisotopic (exact) mass is 597 g/mol. The number of fused-ring (bicyclic) bond motifs is 1. The predicted molar refractivity (Wildman–Crippen MR) is 147 cm³/mol. The maximum absolute atomic E-state index is 13.9. The van der Waals surface area contributed by atoms with Gasteiger partial charge in [0.25, 0.3) is 0 Å². The van der Waals surface area contributed by atoms with Gasteiger partial charge < -0.3 is 9.80 Å². The average Bonchev–Trinajstić information content (AvgIpc) is 3.71. The van der Waals surface area contributed by atoms with E-state index in [9.17, 15) is 18.0 Å². The van der Waals surface area contributed by atoms with Crippen molar-refractivity contribution in [1.82, 2.24) is 23.8 Å². The van der Waals surface area contributed by atoms with Crippen LogP contribution in [0.4, 0.5) is 0 Å². The lowest BCUT2D eigenvalue weighted by Crippen LogP contribution is -2.75. The van der Waals surface area contributed by atoms with Crippen LogP contribution in [0.1, 0.15) is 32.3 Å². The van der Waals surface area contributed by atoms with Crippen molar-refractivity contribution in [2.45, 2.75) is 67.5 Å². The number of hydrogen-bond donors (Lipinski definition) is 1. The molecule has 9 nitrogen and oxygen atoms in total. The van der Waals surface area contributed by atoms with Crippen LogP contribution >= 0.6 is 35.1 Å². The standard InChI is InChI=1S/C25H29Cl2N5O4S2/c1-15(2)30-14-23-31(37-22-8-5-17(26)11-19(22)27)13-20(29-38(35,36)18-6-7-18)24(33)32(23)21(25(30)34)10-16-4-3-9-28-12-16/h3-5,8-9,11-12,15,18,20-21,23,29H,6-7,10,13-14H2,1-2H3. The third-order valence-electron chi connectivity index (χ3n) is 6.99. The second-order valence-electron chi connectivity index (χ2n) is 10.1. The van der Waals surface area contributed by atoms with Gasteiger partial charge in [-0.1, -0.05) is 29.3 Å². The van der Waals surface area contributed by atoms with Crippen LogP contribution in [0.2, 0.25) is 10.0 Å². The fraction of sp³-hybridized carbons (Fsp3) is 0.480. The number of aromatic nitrogens is 1. The van der Waals surface area contributed by atoms with E-state index < -0.39 is 39.4 Å². The smallest absolute Gasteiger partial charge is 0.246 e. The molecule has 38 heavy (non-hydrogen) atoms. The number of hydrogen-bond acceptors (Lipinski definition) is 7. The molecule has 1 saturated carbocycles. The summed E-state index contributed by atoms with van der Waals surface area (Å²) >= 11 is 13.9. The van der Waals surface area contributed by atoms with Crippen molar-refractivity contribution in [1.29, 1.82) is 0 Å². The van der Waals surface area contributed by atoms with E-state index in [2.05, 4.69) is 9.71 Å². The first-order chi connectivity index (χ1) is 18.0. The molecule has 2 aliphatic heterocycles. The average molecular weight is 599 g/mol. The number of benzene rings is 1. The Morgan fingerprint density at radius 2 is 1.89 bits per heavy atom. The highest BCUT2D eigenvalue weighted by Crippen LogP contribution is 2.39. The number of nitrogens with zero attached hydrogens (tertiary/aromatic N) is 4. The first kappa shape index (κ1) is 27.7. The molecular formula is C25H29Cl2N5O4S2. The third kappa shape index (κ3) is 5.68. The highest BCUT2D eigenvalue weighted by Gasteiger charge is 2.52. The van der Waals surface area contributed by atoms with E-state index in [1.807, 2.05) is 24.2 Å². The molecule has 2 saturated heterocycles. The molecule has 1 aromatic heterocycles. The molecular weight excluding hydrogens is 569 g/mol. The zero-order valence-corrected chi connectivity index (χ0v) is 24.1. The lowest BCUT2D eigenvalue weighted by Gasteiger charge is -2.54. The van der Waals surface area contributed by atoms with Gasteiger partial charge in [-0.2, -0.15) is 0 Å². The third-order valence-corrected chi connectivity index (χ3v) is 10.8. The molecule has 2 aromatic rings. The van der Waals surface area contributed by atoms with Gasteiger partial charge in [0, 0.05) is 41.3 Å². The summed E-state index contributed by atoms with van der Waals surface area (Å²) in [5, 5.41) is 0.460. The summed E-state index contributed by atoms with van der Waals surface area (Å²) in [4.78, 5) is 35.9. The molecule has 0 bridgehead atoms. The second kappa shape index (κ2) is 10.9. The van der Waals surface area contributed by atoms with Crippen molar-refractivity contribution in [3.8, 4) is 0 Å². The zero-order valence-electron chi connectivity index (χ0n) is 21.0. The van der Waals surface area contributed by atoms with Crippen LogP contribution in [0, 0.1) is 0 Å². The van der Waals surface area contributed by atoms with Gasteiger partial charge in [-0.15, -0.1) is 0 Å². The number of carbonyl (C=O) groups excluding carboxylic acids is 2. The Balaban J connectivity index is 1.54. The lowest BCUT2D eigenvalue weighted by atomic mass is 9.97. The van der Waals surface area contributed by atoms with Gasteiger partial charge in [0.15, 0.2) is 0 Å². The molecule has 1 aliphatic carbocycles. The summed E-state index contributed by atoms with van der Waals surface area (Å²) in [6.07, 6.45) is 4.25. The molecule has 0 spiro atoms. The van der Waals surface area contributed by atoms with E-state index in [0.717, 1.165) is 5.56 Å². The quantitative estimate of drug-likeness (QED) is 0.466. The van der Waals surface area contributed by atoms with Crippen LogP contribution in [0.25, 0.3) is 0 Å². The number of carbonyl (C=O) groups is 2. The van der Waals surface area contributed by atoms with Crippen molar-refractivity contribution in [2.24, 2.45) is 0 Å². The van der Waals surface area contributed by atoms with E-state index in [4.69, 9.17) is 23.2 Å². The summed E-state index contributed by atoms with van der Waals surface area (Å²) in [6, 6.07) is 6.87. The molecule has 13 heteroatoms. The molecule has 3 atom stereocenters. The number of rotatable bonds is 8. The summed E-state index contributed by atoms with van der Waals surface area (Å²) < 4.78 is 30.4. The lowest BCUT2D eigenvalue weighted by molar-refractivity contribution is -0.167. The summed E-state index contributed by atoms with van der Waals surface area (Å²) in [6.45, 7) is 4.29. The van der Waals surface area contributed by atoms with Crippen molar-refractivity contribution >= 4 is 57.0 Å². The maximum Gasteiger partial charge on any atom is 0.246 e. The number of pyridine rings is 1. The van der Waals surface area contributed by atoms with E-state index in [-0.39, 0.29) is 31.5 Å². The Bertz CT molecular complexity index is 1330. The summed E-state index contributed by atoms with van der Waals surface area (Å²) in [5.74, 6) is -0.572. The highest BCUT2D eigenvalue weighted by molar-refractivity contribution is 7.97. The minimum atomic E-state index is -3.66. The van der Waals surface area contributed by atoms with Gasteiger partial charge in [-0.3, -0.25) is 14.6 Å². The number of amides is 2. The summed E-state index contributed by atoms with van der Waals surface area (Å²) in [7, 11) is -3.66. The van der Waals surface area contributed by atoms with Crippen LogP contribution in [0.3, 0.4) is 0 Å². The molecule has 3 unspecified atom stereocenters. The maximum atomic E-state index is 13.9. The molecule has 5 rings (SSSR count). The van der Waals surface area contributed by atoms with Gasteiger partial charge >= 0.3 is 0 Å². The number of piperazine rings is 1. The minimum absolute atomic E-state index is 0.0896. The molecule has 1 N–H and O–H groups in total. The Labute approximate surface area is 237 Å². The Morgan fingerprint density at radius 3 is 2.53 bits per heavy atom. The van der Waals surface area contributed by atoms with Crippen molar-refractivity contribution < 1.29 is 18.0 Å². The second-order valence-corrected chi connectivity index (χ2v) is 14.0. The van der Waals surface area contributed by atoms with Crippen molar-refractivity contribution in [2.75, 3.05) is 13.1 Å². The molecule has 1 aromatic carbocycles. The fourth-order valence-corrected chi connectivity index (χ4v) is 7.96. The molecule has 3 aliphatic rings. The van der Waals surface area contributed by atoms with Gasteiger partial charge in [0.2, 0.25) is 21.8 Å². The molecule has 2 amide bonds. The number of sulfonamides is 1. The fourth-order valence-electron chi connectivity index (χ4n) is 4.89. The molecule has 0 radical (unpaired) electrons. The first-order valence-electron chi connectivity index (χ1n) is 12.5. The van der Waals surface area contributed by atoms with Gasteiger partial charge in [-0.05, 0) is 68.5 Å². The number of halogens is 2. The Morgan fingerprint density at radius 1 is 1.13 bits per heavy atom. The van der Waals surface area contributed by atoms with Crippen LogP contribution < -0.4 is 4.72 Å². The van der Waals surface area contributed by atoms with Crippen LogP contribution in [-0.2, 0) is 26.0 Å². The molecule has 3 fully saturated rings.